The molecule has 0 bridgehead atoms. The SMILES string of the molecule is CC(=NC1(C)CC1)N1CCOCC1. The Morgan fingerprint density at radius 3 is 2.46 bits per heavy atom. The van der Waals surface area contributed by atoms with Crippen LogP contribution in [0.5, 0.6) is 0 Å². The molecule has 1 saturated carbocycles. The van der Waals surface area contributed by atoms with E-state index in [4.69, 9.17) is 9.73 Å². The second-order valence-electron chi connectivity index (χ2n) is 4.26. The van der Waals surface area contributed by atoms with Crippen molar-refractivity contribution in [3.63, 3.8) is 0 Å². The van der Waals surface area contributed by atoms with Gasteiger partial charge in [-0.05, 0) is 26.7 Å². The minimum atomic E-state index is 0.280. The highest BCUT2D eigenvalue weighted by molar-refractivity contribution is 5.80. The van der Waals surface area contributed by atoms with Crippen LogP contribution in [0, 0.1) is 0 Å². The zero-order valence-electron chi connectivity index (χ0n) is 8.55. The van der Waals surface area contributed by atoms with Gasteiger partial charge in [0.2, 0.25) is 0 Å². The van der Waals surface area contributed by atoms with Gasteiger partial charge in [0.1, 0.15) is 0 Å². The van der Waals surface area contributed by atoms with Crippen LogP contribution < -0.4 is 0 Å². The Labute approximate surface area is 79.8 Å². The number of amidine groups is 1. The maximum atomic E-state index is 5.30. The van der Waals surface area contributed by atoms with E-state index in [1.165, 1.54) is 18.7 Å². The molecule has 0 aromatic rings. The van der Waals surface area contributed by atoms with E-state index in [2.05, 4.69) is 18.7 Å². The monoisotopic (exact) mass is 182 g/mol. The molecule has 2 fully saturated rings. The molecule has 1 saturated heterocycles. The van der Waals surface area contributed by atoms with Crippen molar-refractivity contribution in [1.82, 2.24) is 4.90 Å². The molecule has 0 N–H and O–H groups in total. The van der Waals surface area contributed by atoms with Gasteiger partial charge in [0.05, 0.1) is 24.6 Å². The number of morpholine rings is 1. The molecule has 1 aliphatic heterocycles. The van der Waals surface area contributed by atoms with E-state index >= 15 is 0 Å². The first-order valence-corrected chi connectivity index (χ1v) is 5.09. The van der Waals surface area contributed by atoms with Gasteiger partial charge in [0.25, 0.3) is 0 Å². The molecular formula is C10H18N2O. The Morgan fingerprint density at radius 2 is 1.92 bits per heavy atom. The van der Waals surface area contributed by atoms with Crippen LogP contribution in [0.1, 0.15) is 26.7 Å². The summed E-state index contributed by atoms with van der Waals surface area (Å²) in [5, 5.41) is 0. The minimum Gasteiger partial charge on any atom is -0.378 e. The summed E-state index contributed by atoms with van der Waals surface area (Å²) in [6.07, 6.45) is 2.52. The lowest BCUT2D eigenvalue weighted by Crippen LogP contribution is -2.40. The van der Waals surface area contributed by atoms with E-state index in [1.807, 2.05) is 0 Å². The summed E-state index contributed by atoms with van der Waals surface area (Å²) in [6.45, 7) is 8.07. The van der Waals surface area contributed by atoms with Gasteiger partial charge in [-0.25, -0.2) is 0 Å². The van der Waals surface area contributed by atoms with E-state index in [0.29, 0.717) is 0 Å². The van der Waals surface area contributed by atoms with E-state index in [9.17, 15) is 0 Å². The summed E-state index contributed by atoms with van der Waals surface area (Å²) in [5.74, 6) is 1.20. The molecule has 0 atom stereocenters. The second kappa shape index (κ2) is 3.29. The van der Waals surface area contributed by atoms with Crippen molar-refractivity contribution in [2.24, 2.45) is 4.99 Å². The van der Waals surface area contributed by atoms with Gasteiger partial charge in [0, 0.05) is 13.1 Å². The molecule has 1 heterocycles. The zero-order chi connectivity index (χ0) is 9.31. The Bertz CT molecular complexity index is 215. The molecule has 13 heavy (non-hydrogen) atoms. The van der Waals surface area contributed by atoms with Crippen LogP contribution in [0.2, 0.25) is 0 Å². The molecular weight excluding hydrogens is 164 g/mol. The predicted octanol–water partition coefficient (Wildman–Crippen LogP) is 1.29. The molecule has 0 radical (unpaired) electrons. The maximum absolute atomic E-state index is 5.30. The standard InChI is InChI=1S/C10H18N2O/c1-9(11-10(2)3-4-10)12-5-7-13-8-6-12/h3-8H2,1-2H3. The van der Waals surface area contributed by atoms with Crippen molar-refractivity contribution >= 4 is 5.84 Å². The molecule has 0 amide bonds. The summed E-state index contributed by atoms with van der Waals surface area (Å²) in [6, 6.07) is 0. The first-order valence-electron chi connectivity index (χ1n) is 5.09. The van der Waals surface area contributed by atoms with Crippen LogP contribution in [-0.4, -0.2) is 42.6 Å². The quantitative estimate of drug-likeness (QED) is 0.451. The topological polar surface area (TPSA) is 24.8 Å². The molecule has 0 unspecified atom stereocenters. The molecule has 2 aliphatic rings. The maximum Gasteiger partial charge on any atom is 0.0965 e. The van der Waals surface area contributed by atoms with E-state index < -0.39 is 0 Å². The third kappa shape index (κ3) is 2.21. The number of nitrogens with zero attached hydrogens (tertiary/aromatic N) is 2. The van der Waals surface area contributed by atoms with Crippen molar-refractivity contribution in [3.8, 4) is 0 Å². The van der Waals surface area contributed by atoms with Crippen molar-refractivity contribution in [1.29, 1.82) is 0 Å². The Kier molecular flexibility index (Phi) is 2.28. The Morgan fingerprint density at radius 1 is 1.31 bits per heavy atom. The van der Waals surface area contributed by atoms with Crippen molar-refractivity contribution < 1.29 is 4.74 Å². The van der Waals surface area contributed by atoms with Crippen molar-refractivity contribution in [3.05, 3.63) is 0 Å². The third-order valence-electron chi connectivity index (χ3n) is 2.87. The van der Waals surface area contributed by atoms with Gasteiger partial charge in [-0.3, -0.25) is 4.99 Å². The lowest BCUT2D eigenvalue weighted by Gasteiger charge is -2.28. The van der Waals surface area contributed by atoms with Gasteiger partial charge in [-0.15, -0.1) is 0 Å². The minimum absolute atomic E-state index is 0.280. The van der Waals surface area contributed by atoms with Crippen LogP contribution in [0.15, 0.2) is 4.99 Å². The summed E-state index contributed by atoms with van der Waals surface area (Å²) < 4.78 is 5.30. The normalized spacial score (nSPS) is 27.5. The first-order chi connectivity index (χ1) is 6.20. The summed E-state index contributed by atoms with van der Waals surface area (Å²) >= 11 is 0. The number of aliphatic imine (C=N–C) groups is 1. The predicted molar refractivity (Wildman–Crippen MR) is 53.1 cm³/mol. The zero-order valence-corrected chi connectivity index (χ0v) is 8.55. The molecule has 74 valence electrons. The molecule has 0 aromatic heterocycles. The molecule has 0 aromatic carbocycles. The van der Waals surface area contributed by atoms with Crippen LogP contribution >= 0.6 is 0 Å². The largest absolute Gasteiger partial charge is 0.378 e. The molecule has 0 spiro atoms. The van der Waals surface area contributed by atoms with Crippen molar-refractivity contribution in [2.75, 3.05) is 26.3 Å². The smallest absolute Gasteiger partial charge is 0.0965 e. The number of hydrogen-bond acceptors (Lipinski definition) is 2. The lowest BCUT2D eigenvalue weighted by atomic mass is 10.3. The first kappa shape index (κ1) is 9.00. The number of rotatable bonds is 1. The van der Waals surface area contributed by atoms with E-state index in [0.717, 1.165) is 26.3 Å². The highest BCUT2D eigenvalue weighted by Gasteiger charge is 2.37. The fraction of sp³-hybridized carbons (Fsp3) is 0.900. The van der Waals surface area contributed by atoms with Crippen LogP contribution in [0.25, 0.3) is 0 Å². The number of hydrogen-bond donors (Lipinski definition) is 0. The average molecular weight is 182 g/mol. The average Bonchev–Trinajstić information content (AvgIpc) is 2.85. The van der Waals surface area contributed by atoms with Gasteiger partial charge in [-0.2, -0.15) is 0 Å². The lowest BCUT2D eigenvalue weighted by molar-refractivity contribution is 0.0676. The van der Waals surface area contributed by atoms with Gasteiger partial charge < -0.3 is 9.64 Å². The Balaban J connectivity index is 1.94. The van der Waals surface area contributed by atoms with Crippen LogP contribution in [-0.2, 0) is 4.74 Å². The fourth-order valence-electron chi connectivity index (χ4n) is 1.64. The van der Waals surface area contributed by atoms with Crippen LogP contribution in [0.3, 0.4) is 0 Å². The molecule has 1 aliphatic carbocycles. The highest BCUT2D eigenvalue weighted by Crippen LogP contribution is 2.39. The summed E-state index contributed by atoms with van der Waals surface area (Å²) in [4.78, 5) is 7.06. The van der Waals surface area contributed by atoms with Gasteiger partial charge in [-0.1, -0.05) is 0 Å². The highest BCUT2D eigenvalue weighted by atomic mass is 16.5. The van der Waals surface area contributed by atoms with E-state index in [-0.39, 0.29) is 5.54 Å². The third-order valence-corrected chi connectivity index (χ3v) is 2.87. The summed E-state index contributed by atoms with van der Waals surface area (Å²) in [7, 11) is 0. The van der Waals surface area contributed by atoms with E-state index in [1.54, 1.807) is 0 Å². The number of ether oxygens (including phenoxy) is 1. The molecule has 2 rings (SSSR count). The van der Waals surface area contributed by atoms with Crippen LogP contribution in [0.4, 0.5) is 0 Å². The fourth-order valence-corrected chi connectivity index (χ4v) is 1.64. The van der Waals surface area contributed by atoms with Gasteiger partial charge in [0.15, 0.2) is 0 Å². The summed E-state index contributed by atoms with van der Waals surface area (Å²) in [5.41, 5.74) is 0.280. The van der Waals surface area contributed by atoms with Crippen molar-refractivity contribution in [2.45, 2.75) is 32.2 Å². The molecule has 3 nitrogen and oxygen atoms in total. The molecule has 3 heteroatoms. The Hall–Kier alpha value is -0.570. The van der Waals surface area contributed by atoms with Gasteiger partial charge >= 0.3 is 0 Å². The second-order valence-corrected chi connectivity index (χ2v) is 4.26.